The first kappa shape index (κ1) is 13.7. The quantitative estimate of drug-likeness (QED) is 0.888. The van der Waals surface area contributed by atoms with Gasteiger partial charge in [-0.25, -0.2) is 0 Å². The molecule has 2 saturated carbocycles. The Morgan fingerprint density at radius 2 is 2.40 bits per heavy atom. The second-order valence-corrected chi connectivity index (χ2v) is 6.60. The van der Waals surface area contributed by atoms with Crippen molar-refractivity contribution in [2.75, 3.05) is 6.54 Å². The minimum atomic E-state index is -0.295. The first-order valence-electron chi connectivity index (χ1n) is 7.59. The number of furan rings is 1. The van der Waals surface area contributed by atoms with Crippen LogP contribution in [0, 0.1) is 11.3 Å². The number of carbonyl (C=O) groups is 1. The lowest BCUT2D eigenvalue weighted by molar-refractivity contribution is -0.123. The Balaban J connectivity index is 1.51. The Kier molecular flexibility index (Phi) is 3.59. The summed E-state index contributed by atoms with van der Waals surface area (Å²) in [6.07, 6.45) is 6.30. The van der Waals surface area contributed by atoms with Crippen LogP contribution < -0.4 is 5.32 Å². The number of amides is 1. The molecule has 0 radical (unpaired) electrons. The fourth-order valence-corrected chi connectivity index (χ4v) is 3.31. The van der Waals surface area contributed by atoms with Gasteiger partial charge in [-0.3, -0.25) is 4.79 Å². The molecular weight excluding hydrogens is 254 g/mol. The summed E-state index contributed by atoms with van der Waals surface area (Å²) in [6.45, 7) is 2.66. The molecule has 0 unspecified atom stereocenters. The van der Waals surface area contributed by atoms with E-state index in [9.17, 15) is 9.90 Å². The molecule has 3 rings (SSSR count). The van der Waals surface area contributed by atoms with Gasteiger partial charge in [0.2, 0.25) is 5.91 Å². The fraction of sp³-hybridized carbons (Fsp3) is 0.688. The summed E-state index contributed by atoms with van der Waals surface area (Å²) in [7, 11) is 0. The van der Waals surface area contributed by atoms with Gasteiger partial charge in [-0.1, -0.05) is 19.8 Å². The molecular formula is C16H23NO3. The van der Waals surface area contributed by atoms with Crippen molar-refractivity contribution in [3.05, 3.63) is 24.2 Å². The van der Waals surface area contributed by atoms with Crippen LogP contribution in [0.25, 0.3) is 0 Å². The summed E-state index contributed by atoms with van der Waals surface area (Å²) in [5.41, 5.74) is -0.164. The van der Waals surface area contributed by atoms with Crippen molar-refractivity contribution in [3.8, 4) is 0 Å². The number of aliphatic hydroxyl groups is 1. The van der Waals surface area contributed by atoms with Crippen molar-refractivity contribution in [1.82, 2.24) is 5.32 Å². The van der Waals surface area contributed by atoms with Crippen LogP contribution in [0.1, 0.15) is 50.7 Å². The molecule has 110 valence electrons. The molecule has 1 aromatic rings. The number of aliphatic hydroxyl groups excluding tert-OH is 1. The van der Waals surface area contributed by atoms with Gasteiger partial charge < -0.3 is 14.8 Å². The molecule has 0 aliphatic heterocycles. The monoisotopic (exact) mass is 277 g/mol. The summed E-state index contributed by atoms with van der Waals surface area (Å²) in [5.74, 6) is 1.30. The molecule has 0 spiro atoms. The molecule has 2 fully saturated rings. The van der Waals surface area contributed by atoms with Crippen LogP contribution >= 0.6 is 0 Å². The number of hydrogen-bond acceptors (Lipinski definition) is 3. The van der Waals surface area contributed by atoms with Crippen LogP contribution in [0.5, 0.6) is 0 Å². The van der Waals surface area contributed by atoms with E-state index in [-0.39, 0.29) is 29.3 Å². The van der Waals surface area contributed by atoms with Gasteiger partial charge in [0.1, 0.15) is 5.76 Å². The van der Waals surface area contributed by atoms with Gasteiger partial charge in [-0.15, -0.1) is 0 Å². The smallest absolute Gasteiger partial charge is 0.223 e. The van der Waals surface area contributed by atoms with Gasteiger partial charge in [-0.2, -0.15) is 0 Å². The fourth-order valence-electron chi connectivity index (χ4n) is 3.31. The molecule has 4 atom stereocenters. The number of nitrogens with one attached hydrogen (secondary N) is 1. The van der Waals surface area contributed by atoms with Crippen LogP contribution in [-0.2, 0) is 4.79 Å². The largest absolute Gasteiger partial charge is 0.469 e. The van der Waals surface area contributed by atoms with Crippen LogP contribution in [0.15, 0.2) is 22.8 Å². The Morgan fingerprint density at radius 1 is 1.55 bits per heavy atom. The summed E-state index contributed by atoms with van der Waals surface area (Å²) in [6, 6.07) is 3.80. The van der Waals surface area contributed by atoms with Crippen molar-refractivity contribution in [2.24, 2.45) is 11.3 Å². The lowest BCUT2D eigenvalue weighted by Gasteiger charge is -2.38. The van der Waals surface area contributed by atoms with Crippen LogP contribution in [-0.4, -0.2) is 23.7 Å². The lowest BCUT2D eigenvalue weighted by atomic mass is 9.73. The molecule has 2 aliphatic carbocycles. The average molecular weight is 277 g/mol. The van der Waals surface area contributed by atoms with E-state index < -0.39 is 0 Å². The number of rotatable bonds is 4. The predicted octanol–water partition coefficient (Wildman–Crippen LogP) is 2.44. The topological polar surface area (TPSA) is 62.5 Å². The minimum absolute atomic E-state index is 0.0467. The minimum Gasteiger partial charge on any atom is -0.469 e. The van der Waals surface area contributed by atoms with E-state index in [1.54, 1.807) is 6.26 Å². The summed E-state index contributed by atoms with van der Waals surface area (Å²) in [5, 5.41) is 13.2. The van der Waals surface area contributed by atoms with Gasteiger partial charge in [0.15, 0.2) is 0 Å². The Morgan fingerprint density at radius 3 is 3.10 bits per heavy atom. The number of carbonyl (C=O) groups excluding carboxylic acids is 1. The van der Waals surface area contributed by atoms with Crippen molar-refractivity contribution in [3.63, 3.8) is 0 Å². The van der Waals surface area contributed by atoms with Gasteiger partial charge in [0.05, 0.1) is 12.4 Å². The Labute approximate surface area is 119 Å². The summed E-state index contributed by atoms with van der Waals surface area (Å²) >= 11 is 0. The standard InChI is InChI=1S/C16H23NO3/c1-16(7-3-2-6-14(16)18)10-17-15(19)12-9-11(12)13-5-4-8-20-13/h4-5,8,11-12,14,18H,2-3,6-7,9-10H2,1H3,(H,17,19)/t11-,12+,14+,16+/m0/s1. The summed E-state index contributed by atoms with van der Waals surface area (Å²) < 4.78 is 5.35. The molecule has 1 amide bonds. The first-order valence-corrected chi connectivity index (χ1v) is 7.59. The van der Waals surface area contributed by atoms with E-state index >= 15 is 0 Å². The average Bonchev–Trinajstić information content (AvgIpc) is 3.06. The van der Waals surface area contributed by atoms with Gasteiger partial charge in [0, 0.05) is 23.8 Å². The van der Waals surface area contributed by atoms with Crippen LogP contribution in [0.4, 0.5) is 0 Å². The molecule has 0 aromatic carbocycles. The zero-order valence-corrected chi connectivity index (χ0v) is 12.0. The van der Waals surface area contributed by atoms with Crippen LogP contribution in [0.3, 0.4) is 0 Å². The molecule has 0 bridgehead atoms. The molecule has 1 aromatic heterocycles. The molecule has 1 heterocycles. The van der Waals surface area contributed by atoms with E-state index in [1.165, 1.54) is 0 Å². The van der Waals surface area contributed by atoms with Crippen molar-refractivity contribution in [1.29, 1.82) is 0 Å². The SMILES string of the molecule is C[C@]1(CNC(=O)[C@@H]2C[C@@H]2c2ccco2)CCCC[C@H]1O. The van der Waals surface area contributed by atoms with E-state index in [0.29, 0.717) is 6.54 Å². The maximum atomic E-state index is 12.2. The Bertz CT molecular complexity index is 470. The highest BCUT2D eigenvalue weighted by Gasteiger charge is 2.46. The maximum absolute atomic E-state index is 12.2. The normalized spacial score (nSPS) is 36.6. The molecule has 4 nitrogen and oxygen atoms in total. The highest BCUT2D eigenvalue weighted by atomic mass is 16.3. The van der Waals surface area contributed by atoms with E-state index in [0.717, 1.165) is 37.9 Å². The molecule has 0 saturated heterocycles. The van der Waals surface area contributed by atoms with Gasteiger partial charge in [0.25, 0.3) is 0 Å². The predicted molar refractivity (Wildman–Crippen MR) is 75.1 cm³/mol. The highest BCUT2D eigenvalue weighted by Crippen LogP contribution is 2.47. The molecule has 2 aliphatic rings. The van der Waals surface area contributed by atoms with E-state index in [4.69, 9.17) is 4.42 Å². The third-order valence-corrected chi connectivity index (χ3v) is 4.98. The number of hydrogen-bond donors (Lipinski definition) is 2. The third-order valence-electron chi connectivity index (χ3n) is 4.98. The van der Waals surface area contributed by atoms with E-state index in [2.05, 4.69) is 12.2 Å². The zero-order chi connectivity index (χ0) is 14.2. The van der Waals surface area contributed by atoms with Crippen molar-refractivity contribution < 1.29 is 14.3 Å². The first-order chi connectivity index (χ1) is 9.60. The van der Waals surface area contributed by atoms with Crippen LogP contribution in [0.2, 0.25) is 0 Å². The molecule has 20 heavy (non-hydrogen) atoms. The highest BCUT2D eigenvalue weighted by molar-refractivity contribution is 5.82. The third kappa shape index (κ3) is 2.62. The lowest BCUT2D eigenvalue weighted by Crippen LogP contribution is -2.45. The van der Waals surface area contributed by atoms with Gasteiger partial charge in [-0.05, 0) is 31.4 Å². The zero-order valence-electron chi connectivity index (χ0n) is 12.0. The maximum Gasteiger partial charge on any atom is 0.223 e. The van der Waals surface area contributed by atoms with Crippen molar-refractivity contribution in [2.45, 2.75) is 51.0 Å². The molecule has 4 heteroatoms. The Hall–Kier alpha value is -1.29. The second kappa shape index (κ2) is 5.24. The second-order valence-electron chi connectivity index (χ2n) is 6.60. The van der Waals surface area contributed by atoms with E-state index in [1.807, 2.05) is 12.1 Å². The van der Waals surface area contributed by atoms with Crippen molar-refractivity contribution >= 4 is 5.91 Å². The van der Waals surface area contributed by atoms with Gasteiger partial charge >= 0.3 is 0 Å². The summed E-state index contributed by atoms with van der Waals surface area (Å²) in [4.78, 5) is 12.2. The molecule has 2 N–H and O–H groups in total.